The lowest BCUT2D eigenvalue weighted by Crippen LogP contribution is -2.13. The number of carbonyl (C=O) groups excluding carboxylic acids is 1. The molecule has 0 spiro atoms. The zero-order valence-electron chi connectivity index (χ0n) is 17.2. The van der Waals surface area contributed by atoms with Gasteiger partial charge >= 0.3 is 0 Å². The van der Waals surface area contributed by atoms with Crippen LogP contribution in [0.25, 0.3) is 33.7 Å². The fraction of sp³-hybridized carbons (Fsp3) is 0.269. The maximum absolute atomic E-state index is 10.7. The first kappa shape index (κ1) is 20.1. The van der Waals surface area contributed by atoms with E-state index in [4.69, 9.17) is 0 Å². The Balaban J connectivity index is 1.30. The molecule has 0 bridgehead atoms. The number of pyridine rings is 1. The zero-order chi connectivity index (χ0) is 21.2. The van der Waals surface area contributed by atoms with Crippen molar-refractivity contribution in [2.75, 3.05) is 0 Å². The maximum atomic E-state index is 10.7. The van der Waals surface area contributed by atoms with E-state index in [0.29, 0.717) is 11.8 Å². The van der Waals surface area contributed by atoms with Gasteiger partial charge in [0.05, 0.1) is 16.7 Å². The number of rotatable bonds is 5. The van der Waals surface area contributed by atoms with Gasteiger partial charge in [0.25, 0.3) is 0 Å². The van der Waals surface area contributed by atoms with Crippen molar-refractivity contribution >= 4 is 33.2 Å². The molecule has 0 amide bonds. The van der Waals surface area contributed by atoms with E-state index in [-0.39, 0.29) is 0 Å². The average molecular weight is 474 g/mol. The second-order valence-corrected chi connectivity index (χ2v) is 9.34. The van der Waals surface area contributed by atoms with Gasteiger partial charge in [-0.15, -0.1) is 0 Å². The maximum Gasteiger partial charge on any atom is 0.140 e. The first-order chi connectivity index (χ1) is 15.2. The van der Waals surface area contributed by atoms with Crippen LogP contribution in [-0.4, -0.2) is 21.2 Å². The van der Waals surface area contributed by atoms with Crippen LogP contribution in [0.15, 0.2) is 65.3 Å². The van der Waals surface area contributed by atoms with Crippen molar-refractivity contribution in [3.8, 4) is 22.6 Å². The third-order valence-corrected chi connectivity index (χ3v) is 6.93. The summed E-state index contributed by atoms with van der Waals surface area (Å²) in [6, 6.07) is 19.0. The molecule has 2 aromatic carbocycles. The van der Waals surface area contributed by atoms with Gasteiger partial charge in [0.1, 0.15) is 12.1 Å². The molecule has 4 nitrogen and oxygen atoms in total. The van der Waals surface area contributed by atoms with Gasteiger partial charge < -0.3 is 9.78 Å². The van der Waals surface area contributed by atoms with Crippen LogP contribution in [-0.2, 0) is 4.79 Å². The zero-order valence-corrected chi connectivity index (χ0v) is 18.8. The number of benzene rings is 2. The molecular weight excluding hydrogens is 450 g/mol. The molecule has 1 N–H and O–H groups in total. The van der Waals surface area contributed by atoms with Gasteiger partial charge in [0.15, 0.2) is 0 Å². The monoisotopic (exact) mass is 473 g/mol. The number of H-pyrrole nitrogens is 1. The SMILES string of the molecule is O=CCC1CCC(c2ccc(-c3ccc(-c4nc5ccc(Br)cc5[nH]4)cn3)cc2)CC1. The second kappa shape index (κ2) is 8.75. The van der Waals surface area contributed by atoms with Crippen molar-refractivity contribution in [2.24, 2.45) is 5.92 Å². The number of aromatic amines is 1. The normalized spacial score (nSPS) is 18.9. The fourth-order valence-electron chi connectivity index (χ4n) is 4.62. The highest BCUT2D eigenvalue weighted by Gasteiger charge is 2.22. The van der Waals surface area contributed by atoms with Crippen LogP contribution in [0.3, 0.4) is 0 Å². The topological polar surface area (TPSA) is 58.6 Å². The molecule has 0 unspecified atom stereocenters. The summed E-state index contributed by atoms with van der Waals surface area (Å²) >= 11 is 3.50. The van der Waals surface area contributed by atoms with Gasteiger partial charge in [-0.25, -0.2) is 4.98 Å². The summed E-state index contributed by atoms with van der Waals surface area (Å²) < 4.78 is 1.03. The van der Waals surface area contributed by atoms with E-state index in [1.54, 1.807) is 0 Å². The van der Waals surface area contributed by atoms with Crippen LogP contribution < -0.4 is 0 Å². The van der Waals surface area contributed by atoms with Crippen molar-refractivity contribution in [2.45, 2.75) is 38.0 Å². The number of nitrogens with one attached hydrogen (secondary N) is 1. The highest BCUT2D eigenvalue weighted by atomic mass is 79.9. The van der Waals surface area contributed by atoms with Crippen molar-refractivity contribution in [1.29, 1.82) is 0 Å². The Morgan fingerprint density at radius 1 is 0.968 bits per heavy atom. The van der Waals surface area contributed by atoms with E-state index < -0.39 is 0 Å². The number of aldehydes is 1. The Morgan fingerprint density at radius 2 is 1.74 bits per heavy atom. The third kappa shape index (κ3) is 4.33. The Morgan fingerprint density at radius 3 is 2.45 bits per heavy atom. The highest BCUT2D eigenvalue weighted by molar-refractivity contribution is 9.10. The van der Waals surface area contributed by atoms with E-state index in [2.05, 4.69) is 67.3 Å². The van der Waals surface area contributed by atoms with Gasteiger partial charge in [0.2, 0.25) is 0 Å². The van der Waals surface area contributed by atoms with Crippen molar-refractivity contribution in [3.63, 3.8) is 0 Å². The number of carbonyl (C=O) groups is 1. The summed E-state index contributed by atoms with van der Waals surface area (Å²) in [7, 11) is 0. The predicted octanol–water partition coefficient (Wildman–Crippen LogP) is 6.92. The molecule has 0 aliphatic heterocycles. The van der Waals surface area contributed by atoms with Gasteiger partial charge in [0, 0.05) is 28.2 Å². The van der Waals surface area contributed by atoms with Crippen LogP contribution in [0.2, 0.25) is 0 Å². The molecule has 5 heteroatoms. The van der Waals surface area contributed by atoms with E-state index in [1.165, 1.54) is 18.4 Å². The van der Waals surface area contributed by atoms with E-state index in [9.17, 15) is 4.79 Å². The molecule has 5 rings (SSSR count). The summed E-state index contributed by atoms with van der Waals surface area (Å²) in [5.74, 6) is 2.03. The van der Waals surface area contributed by atoms with E-state index >= 15 is 0 Å². The minimum Gasteiger partial charge on any atom is -0.338 e. The van der Waals surface area contributed by atoms with Crippen LogP contribution in [0.5, 0.6) is 0 Å². The van der Waals surface area contributed by atoms with Crippen molar-refractivity contribution in [1.82, 2.24) is 15.0 Å². The van der Waals surface area contributed by atoms with Gasteiger partial charge in [-0.3, -0.25) is 4.98 Å². The number of hydrogen-bond donors (Lipinski definition) is 1. The Hall–Kier alpha value is -2.79. The lowest BCUT2D eigenvalue weighted by molar-refractivity contribution is -0.108. The standard InChI is InChI=1S/C26H24BrN3O/c27-22-10-12-24-25(15-22)30-26(29-24)21-9-11-23(28-16-21)20-7-5-19(6-8-20)18-3-1-17(2-4-18)13-14-31/h5-12,14-18H,1-4,13H2,(H,29,30). The lowest BCUT2D eigenvalue weighted by atomic mass is 9.77. The molecule has 1 fully saturated rings. The predicted molar refractivity (Wildman–Crippen MR) is 128 cm³/mol. The summed E-state index contributed by atoms with van der Waals surface area (Å²) in [5, 5.41) is 0. The van der Waals surface area contributed by atoms with Gasteiger partial charge in [-0.05, 0) is 73.4 Å². The Kier molecular flexibility index (Phi) is 5.68. The highest BCUT2D eigenvalue weighted by Crippen LogP contribution is 2.37. The minimum atomic E-state index is 0.587. The largest absolute Gasteiger partial charge is 0.338 e. The molecule has 2 aromatic heterocycles. The molecule has 0 saturated heterocycles. The Labute approximate surface area is 190 Å². The molecule has 0 radical (unpaired) electrons. The lowest BCUT2D eigenvalue weighted by Gasteiger charge is -2.27. The van der Waals surface area contributed by atoms with Crippen LogP contribution in [0.4, 0.5) is 0 Å². The Bertz CT molecular complexity index is 1190. The van der Waals surface area contributed by atoms with E-state index in [1.807, 2.05) is 24.4 Å². The first-order valence-corrected chi connectivity index (χ1v) is 11.6. The molecule has 4 aromatic rings. The van der Waals surface area contributed by atoms with Crippen LogP contribution >= 0.6 is 15.9 Å². The number of fused-ring (bicyclic) bond motifs is 1. The summed E-state index contributed by atoms with van der Waals surface area (Å²) in [5.41, 5.74) is 6.41. The van der Waals surface area contributed by atoms with Crippen LogP contribution in [0.1, 0.15) is 43.6 Å². The van der Waals surface area contributed by atoms with Gasteiger partial charge in [-0.2, -0.15) is 0 Å². The first-order valence-electron chi connectivity index (χ1n) is 10.9. The summed E-state index contributed by atoms with van der Waals surface area (Å²) in [6.45, 7) is 0. The smallest absolute Gasteiger partial charge is 0.140 e. The molecule has 1 aliphatic carbocycles. The average Bonchev–Trinajstić information content (AvgIpc) is 3.23. The molecule has 31 heavy (non-hydrogen) atoms. The molecule has 1 saturated carbocycles. The number of aromatic nitrogens is 3. The molecule has 0 atom stereocenters. The quantitative estimate of drug-likeness (QED) is 0.320. The fourth-order valence-corrected chi connectivity index (χ4v) is 4.98. The van der Waals surface area contributed by atoms with Crippen LogP contribution in [0, 0.1) is 5.92 Å². The number of halogens is 1. The number of nitrogens with zero attached hydrogens (tertiary/aromatic N) is 2. The molecule has 1 aliphatic rings. The molecular formula is C26H24BrN3O. The molecule has 2 heterocycles. The van der Waals surface area contributed by atoms with Crippen molar-refractivity contribution < 1.29 is 4.79 Å². The number of hydrogen-bond acceptors (Lipinski definition) is 3. The minimum absolute atomic E-state index is 0.587. The van der Waals surface area contributed by atoms with Crippen molar-refractivity contribution in [3.05, 3.63) is 70.8 Å². The second-order valence-electron chi connectivity index (χ2n) is 8.42. The third-order valence-electron chi connectivity index (χ3n) is 6.44. The van der Waals surface area contributed by atoms with Gasteiger partial charge in [-0.1, -0.05) is 40.2 Å². The number of imidazole rings is 1. The summed E-state index contributed by atoms with van der Waals surface area (Å²) in [4.78, 5) is 23.5. The molecule has 156 valence electrons. The van der Waals surface area contributed by atoms with E-state index in [0.717, 1.165) is 63.7 Å². The summed E-state index contributed by atoms with van der Waals surface area (Å²) in [6.07, 6.45) is 8.35.